The summed E-state index contributed by atoms with van der Waals surface area (Å²) in [5, 5.41) is 0. The molecular formula is C18H32. The fourth-order valence-corrected chi connectivity index (χ4v) is 6.17. The van der Waals surface area contributed by atoms with E-state index in [-0.39, 0.29) is 0 Å². The van der Waals surface area contributed by atoms with Crippen molar-refractivity contribution in [2.45, 2.75) is 78.1 Å². The van der Waals surface area contributed by atoms with Gasteiger partial charge >= 0.3 is 0 Å². The highest BCUT2D eigenvalue weighted by Gasteiger charge is 2.46. The lowest BCUT2D eigenvalue weighted by Gasteiger charge is -2.53. The smallest absolute Gasteiger partial charge is 0.0352 e. The van der Waals surface area contributed by atoms with E-state index < -0.39 is 0 Å². The van der Waals surface area contributed by atoms with Gasteiger partial charge in [0.15, 0.2) is 0 Å². The molecule has 0 spiro atoms. The molecule has 0 aromatic heterocycles. The highest BCUT2D eigenvalue weighted by atomic mass is 14.5. The summed E-state index contributed by atoms with van der Waals surface area (Å²) in [6, 6.07) is 0. The molecule has 3 rings (SSSR count). The first-order valence-corrected chi connectivity index (χ1v) is 8.85. The summed E-state index contributed by atoms with van der Waals surface area (Å²) in [5.41, 5.74) is 0. The first-order chi connectivity index (χ1) is 8.85. The Morgan fingerprint density at radius 3 is 2.22 bits per heavy atom. The van der Waals surface area contributed by atoms with Crippen LogP contribution < -0.4 is 0 Å². The number of fused-ring (bicyclic) bond motifs is 3. The zero-order chi connectivity index (χ0) is 12.5. The summed E-state index contributed by atoms with van der Waals surface area (Å²) < 4.78 is 0. The van der Waals surface area contributed by atoms with Crippen LogP contribution in [0, 0.1) is 35.5 Å². The molecule has 0 aromatic carbocycles. The van der Waals surface area contributed by atoms with Crippen molar-refractivity contribution in [2.75, 3.05) is 0 Å². The van der Waals surface area contributed by atoms with Gasteiger partial charge in [0, 0.05) is 0 Å². The maximum atomic E-state index is 2.46. The quantitative estimate of drug-likeness (QED) is 0.591. The molecule has 0 bridgehead atoms. The fraction of sp³-hybridized carbons (Fsp3) is 1.00. The molecule has 3 fully saturated rings. The van der Waals surface area contributed by atoms with E-state index in [0.29, 0.717) is 0 Å². The second-order valence-corrected chi connectivity index (χ2v) is 7.43. The normalized spacial score (nSPS) is 48.3. The van der Waals surface area contributed by atoms with Crippen molar-refractivity contribution in [2.24, 2.45) is 35.5 Å². The van der Waals surface area contributed by atoms with Crippen molar-refractivity contribution in [1.29, 1.82) is 0 Å². The van der Waals surface area contributed by atoms with Gasteiger partial charge in [-0.2, -0.15) is 0 Å². The van der Waals surface area contributed by atoms with Gasteiger partial charge in [0.1, 0.15) is 0 Å². The van der Waals surface area contributed by atoms with E-state index in [9.17, 15) is 0 Å². The van der Waals surface area contributed by atoms with Crippen LogP contribution in [0.15, 0.2) is 0 Å². The second kappa shape index (κ2) is 5.55. The van der Waals surface area contributed by atoms with Gasteiger partial charge in [0.2, 0.25) is 0 Å². The molecule has 3 aliphatic carbocycles. The molecular weight excluding hydrogens is 216 g/mol. The van der Waals surface area contributed by atoms with E-state index in [2.05, 4.69) is 13.8 Å². The Labute approximate surface area is 114 Å². The first kappa shape index (κ1) is 13.0. The Kier molecular flexibility index (Phi) is 4.01. The monoisotopic (exact) mass is 248 g/mol. The molecule has 0 amide bonds. The molecule has 6 unspecified atom stereocenters. The van der Waals surface area contributed by atoms with Crippen molar-refractivity contribution in [1.82, 2.24) is 0 Å². The average Bonchev–Trinajstić information content (AvgIpc) is 2.45. The van der Waals surface area contributed by atoms with Crippen LogP contribution in [-0.4, -0.2) is 0 Å². The van der Waals surface area contributed by atoms with Crippen molar-refractivity contribution in [3.63, 3.8) is 0 Å². The molecule has 0 heteroatoms. The van der Waals surface area contributed by atoms with Gasteiger partial charge in [-0.15, -0.1) is 0 Å². The average molecular weight is 248 g/mol. The topological polar surface area (TPSA) is 0 Å². The van der Waals surface area contributed by atoms with Crippen LogP contribution in [-0.2, 0) is 0 Å². The molecule has 0 N–H and O–H groups in total. The van der Waals surface area contributed by atoms with Crippen molar-refractivity contribution in [3.05, 3.63) is 0 Å². The summed E-state index contributed by atoms with van der Waals surface area (Å²) in [4.78, 5) is 0. The molecule has 3 saturated carbocycles. The lowest BCUT2D eigenvalue weighted by molar-refractivity contribution is -0.0297. The third kappa shape index (κ3) is 2.14. The van der Waals surface area contributed by atoms with Crippen LogP contribution in [0.4, 0.5) is 0 Å². The zero-order valence-electron chi connectivity index (χ0n) is 12.5. The summed E-state index contributed by atoms with van der Waals surface area (Å²) in [5.74, 6) is 6.68. The molecule has 3 aliphatic rings. The number of hydrogen-bond acceptors (Lipinski definition) is 0. The van der Waals surface area contributed by atoms with Crippen LogP contribution in [0.3, 0.4) is 0 Å². The Morgan fingerprint density at radius 2 is 1.44 bits per heavy atom. The van der Waals surface area contributed by atoms with Gasteiger partial charge in [-0.05, 0) is 67.6 Å². The van der Waals surface area contributed by atoms with Gasteiger partial charge < -0.3 is 0 Å². The van der Waals surface area contributed by atoms with Crippen LogP contribution in [0.2, 0.25) is 0 Å². The van der Waals surface area contributed by atoms with Gasteiger partial charge in [-0.1, -0.05) is 46.0 Å². The van der Waals surface area contributed by atoms with Crippen LogP contribution >= 0.6 is 0 Å². The molecule has 6 atom stereocenters. The molecule has 0 aliphatic heterocycles. The third-order valence-corrected chi connectivity index (χ3v) is 6.96. The van der Waals surface area contributed by atoms with E-state index in [1.807, 2.05) is 0 Å². The second-order valence-electron chi connectivity index (χ2n) is 7.43. The predicted molar refractivity (Wildman–Crippen MR) is 78.5 cm³/mol. The predicted octanol–water partition coefficient (Wildman–Crippen LogP) is 5.67. The van der Waals surface area contributed by atoms with Crippen molar-refractivity contribution < 1.29 is 0 Å². The Hall–Kier alpha value is 0. The first-order valence-electron chi connectivity index (χ1n) is 8.85. The molecule has 0 saturated heterocycles. The molecule has 104 valence electrons. The summed E-state index contributed by atoms with van der Waals surface area (Å²) in [6.07, 6.45) is 15.4. The fourth-order valence-electron chi connectivity index (χ4n) is 6.17. The molecule has 18 heavy (non-hydrogen) atoms. The molecule has 0 heterocycles. The maximum Gasteiger partial charge on any atom is -0.0352 e. The number of rotatable bonds is 2. The molecule has 0 radical (unpaired) electrons. The standard InChI is InChI=1S/C18H32/c1-3-13-9-11-18-16-8-6-5-7-14(16)10-12-17(18)15(13)4-2/h13-18H,3-12H2,1-2H3. The van der Waals surface area contributed by atoms with Gasteiger partial charge in [0.05, 0.1) is 0 Å². The highest BCUT2D eigenvalue weighted by molar-refractivity contribution is 4.96. The van der Waals surface area contributed by atoms with Gasteiger partial charge in [-0.3, -0.25) is 0 Å². The molecule has 0 nitrogen and oxygen atoms in total. The zero-order valence-corrected chi connectivity index (χ0v) is 12.5. The minimum Gasteiger partial charge on any atom is -0.0651 e. The largest absolute Gasteiger partial charge is 0.0651 e. The maximum absolute atomic E-state index is 2.46. The lowest BCUT2D eigenvalue weighted by atomic mass is 9.53. The highest BCUT2D eigenvalue weighted by Crippen LogP contribution is 2.55. The van der Waals surface area contributed by atoms with Gasteiger partial charge in [-0.25, -0.2) is 0 Å². The van der Waals surface area contributed by atoms with Crippen molar-refractivity contribution in [3.8, 4) is 0 Å². The van der Waals surface area contributed by atoms with Crippen LogP contribution in [0.1, 0.15) is 78.1 Å². The summed E-state index contributed by atoms with van der Waals surface area (Å²) in [6.45, 7) is 4.89. The van der Waals surface area contributed by atoms with E-state index in [0.717, 1.165) is 35.5 Å². The Morgan fingerprint density at radius 1 is 0.667 bits per heavy atom. The Balaban J connectivity index is 1.76. The van der Waals surface area contributed by atoms with E-state index in [4.69, 9.17) is 0 Å². The molecule has 0 aromatic rings. The van der Waals surface area contributed by atoms with Crippen molar-refractivity contribution >= 4 is 0 Å². The van der Waals surface area contributed by atoms with E-state index in [1.165, 1.54) is 19.3 Å². The third-order valence-electron chi connectivity index (χ3n) is 6.96. The lowest BCUT2D eigenvalue weighted by Crippen LogP contribution is -2.44. The number of hydrogen-bond donors (Lipinski definition) is 0. The van der Waals surface area contributed by atoms with E-state index in [1.54, 1.807) is 44.9 Å². The minimum absolute atomic E-state index is 1.07. The SMILES string of the molecule is CCC1CCC2C3CCCCC3CCC2C1CC. The van der Waals surface area contributed by atoms with Crippen LogP contribution in [0.25, 0.3) is 0 Å². The van der Waals surface area contributed by atoms with Crippen LogP contribution in [0.5, 0.6) is 0 Å². The summed E-state index contributed by atoms with van der Waals surface area (Å²) in [7, 11) is 0. The minimum atomic E-state index is 1.07. The Bertz CT molecular complexity index is 255. The summed E-state index contributed by atoms with van der Waals surface area (Å²) >= 11 is 0. The van der Waals surface area contributed by atoms with E-state index >= 15 is 0 Å². The van der Waals surface area contributed by atoms with Gasteiger partial charge in [0.25, 0.3) is 0 Å².